The zero-order valence-corrected chi connectivity index (χ0v) is 13.4. The SMILES string of the molecule is ClCC1CCCCC1CNCC1CCOc2ccccc21. The average Bonchev–Trinajstić information content (AvgIpc) is 2.55. The summed E-state index contributed by atoms with van der Waals surface area (Å²) in [6.07, 6.45) is 6.51. The summed E-state index contributed by atoms with van der Waals surface area (Å²) < 4.78 is 5.74. The number of benzene rings is 1. The Morgan fingerprint density at radius 2 is 1.86 bits per heavy atom. The van der Waals surface area contributed by atoms with Gasteiger partial charge in [-0.2, -0.15) is 0 Å². The van der Waals surface area contributed by atoms with E-state index in [0.29, 0.717) is 5.92 Å². The van der Waals surface area contributed by atoms with Gasteiger partial charge in [0.05, 0.1) is 6.61 Å². The van der Waals surface area contributed by atoms with E-state index in [1.807, 2.05) is 0 Å². The molecule has 116 valence electrons. The standard InChI is InChI=1S/C18H26ClNO/c19-11-14-5-1-2-6-15(14)12-20-13-16-9-10-21-18-8-4-3-7-17(16)18/h3-4,7-8,14-16,20H,1-2,5-6,9-13H2. The molecule has 1 N–H and O–H groups in total. The smallest absolute Gasteiger partial charge is 0.122 e. The van der Waals surface area contributed by atoms with Crippen molar-refractivity contribution in [2.45, 2.75) is 38.0 Å². The molecule has 3 heteroatoms. The van der Waals surface area contributed by atoms with E-state index in [1.54, 1.807) is 0 Å². The van der Waals surface area contributed by atoms with Crippen molar-refractivity contribution in [2.24, 2.45) is 11.8 Å². The topological polar surface area (TPSA) is 21.3 Å². The quantitative estimate of drug-likeness (QED) is 0.824. The third-order valence-corrected chi connectivity index (χ3v) is 5.54. The first-order valence-electron chi connectivity index (χ1n) is 8.37. The van der Waals surface area contributed by atoms with E-state index in [0.717, 1.165) is 49.6 Å². The van der Waals surface area contributed by atoms with Crippen molar-refractivity contribution in [1.29, 1.82) is 0 Å². The molecule has 1 heterocycles. The first kappa shape index (κ1) is 15.2. The number of nitrogens with one attached hydrogen (secondary N) is 1. The molecule has 3 unspecified atom stereocenters. The number of para-hydroxylation sites is 1. The van der Waals surface area contributed by atoms with Gasteiger partial charge in [-0.1, -0.05) is 31.0 Å². The molecule has 1 aromatic rings. The Balaban J connectivity index is 1.52. The Hall–Kier alpha value is -0.730. The summed E-state index contributed by atoms with van der Waals surface area (Å²) in [7, 11) is 0. The lowest BCUT2D eigenvalue weighted by Gasteiger charge is -2.31. The summed E-state index contributed by atoms with van der Waals surface area (Å²) in [5.74, 6) is 3.98. The molecule has 0 bridgehead atoms. The van der Waals surface area contributed by atoms with Crippen molar-refractivity contribution in [1.82, 2.24) is 5.32 Å². The number of ether oxygens (including phenoxy) is 1. The van der Waals surface area contributed by atoms with Crippen LogP contribution >= 0.6 is 11.6 Å². The van der Waals surface area contributed by atoms with E-state index >= 15 is 0 Å². The van der Waals surface area contributed by atoms with Gasteiger partial charge in [-0.3, -0.25) is 0 Å². The number of fused-ring (bicyclic) bond motifs is 1. The highest BCUT2D eigenvalue weighted by Gasteiger charge is 2.25. The molecular formula is C18H26ClNO. The number of hydrogen-bond acceptors (Lipinski definition) is 2. The summed E-state index contributed by atoms with van der Waals surface area (Å²) in [4.78, 5) is 0. The first-order valence-corrected chi connectivity index (χ1v) is 8.90. The number of alkyl halides is 1. The molecule has 2 aliphatic rings. The lowest BCUT2D eigenvalue weighted by molar-refractivity contribution is 0.239. The summed E-state index contributed by atoms with van der Waals surface area (Å²) >= 11 is 6.13. The molecule has 1 aliphatic heterocycles. The second-order valence-corrected chi connectivity index (χ2v) is 6.80. The lowest BCUT2D eigenvalue weighted by Crippen LogP contribution is -2.34. The Morgan fingerprint density at radius 3 is 2.71 bits per heavy atom. The van der Waals surface area contributed by atoms with Crippen LogP contribution in [0, 0.1) is 11.8 Å². The Bertz CT molecular complexity index is 451. The van der Waals surface area contributed by atoms with Gasteiger partial charge in [0, 0.05) is 18.3 Å². The Labute approximate surface area is 133 Å². The summed E-state index contributed by atoms with van der Waals surface area (Å²) in [5.41, 5.74) is 1.37. The van der Waals surface area contributed by atoms with Crippen LogP contribution in [0.2, 0.25) is 0 Å². The highest BCUT2D eigenvalue weighted by molar-refractivity contribution is 6.18. The van der Waals surface area contributed by atoms with Gasteiger partial charge in [-0.15, -0.1) is 11.6 Å². The molecule has 21 heavy (non-hydrogen) atoms. The molecule has 3 rings (SSSR count). The minimum atomic E-state index is 0.591. The molecule has 2 nitrogen and oxygen atoms in total. The maximum absolute atomic E-state index is 6.13. The van der Waals surface area contributed by atoms with E-state index < -0.39 is 0 Å². The van der Waals surface area contributed by atoms with Crippen LogP contribution in [0.3, 0.4) is 0 Å². The fourth-order valence-electron chi connectivity index (χ4n) is 3.83. The molecule has 1 aliphatic carbocycles. The van der Waals surface area contributed by atoms with Crippen LogP contribution in [0.5, 0.6) is 5.75 Å². The molecule has 0 saturated heterocycles. The molecule has 1 fully saturated rings. The predicted octanol–water partition coefficient (Wildman–Crippen LogP) is 4.19. The fourth-order valence-corrected chi connectivity index (χ4v) is 4.23. The van der Waals surface area contributed by atoms with Gasteiger partial charge >= 0.3 is 0 Å². The predicted molar refractivity (Wildman–Crippen MR) is 88.3 cm³/mol. The normalized spacial score (nSPS) is 28.7. The summed E-state index contributed by atoms with van der Waals surface area (Å²) in [6, 6.07) is 8.47. The van der Waals surface area contributed by atoms with Gasteiger partial charge in [-0.05, 0) is 49.3 Å². The molecular weight excluding hydrogens is 282 g/mol. The Kier molecular flexibility index (Phi) is 5.43. The third kappa shape index (κ3) is 3.73. The van der Waals surface area contributed by atoms with Crippen LogP contribution in [0.4, 0.5) is 0 Å². The van der Waals surface area contributed by atoms with Crippen LogP contribution < -0.4 is 10.1 Å². The molecule has 1 aromatic carbocycles. The van der Waals surface area contributed by atoms with E-state index in [9.17, 15) is 0 Å². The summed E-state index contributed by atoms with van der Waals surface area (Å²) in [6.45, 7) is 3.03. The van der Waals surface area contributed by atoms with Crippen LogP contribution in [0.15, 0.2) is 24.3 Å². The minimum Gasteiger partial charge on any atom is -0.493 e. The van der Waals surface area contributed by atoms with Gasteiger partial charge in [-0.25, -0.2) is 0 Å². The van der Waals surface area contributed by atoms with Crippen molar-refractivity contribution < 1.29 is 4.74 Å². The van der Waals surface area contributed by atoms with Gasteiger partial charge in [0.1, 0.15) is 5.75 Å². The highest BCUT2D eigenvalue weighted by Crippen LogP contribution is 2.33. The van der Waals surface area contributed by atoms with Crippen molar-refractivity contribution in [3.05, 3.63) is 29.8 Å². The molecule has 3 atom stereocenters. The molecule has 1 saturated carbocycles. The molecule has 0 radical (unpaired) electrons. The molecule has 0 spiro atoms. The zero-order valence-electron chi connectivity index (χ0n) is 12.7. The molecule has 0 amide bonds. The van der Waals surface area contributed by atoms with E-state index in [1.165, 1.54) is 31.2 Å². The maximum Gasteiger partial charge on any atom is 0.122 e. The van der Waals surface area contributed by atoms with Gasteiger partial charge in [0.2, 0.25) is 0 Å². The fraction of sp³-hybridized carbons (Fsp3) is 0.667. The largest absolute Gasteiger partial charge is 0.493 e. The zero-order chi connectivity index (χ0) is 14.5. The minimum absolute atomic E-state index is 0.591. The van der Waals surface area contributed by atoms with Gasteiger partial charge < -0.3 is 10.1 Å². The van der Waals surface area contributed by atoms with E-state index in [4.69, 9.17) is 16.3 Å². The van der Waals surface area contributed by atoms with Crippen LogP contribution in [-0.2, 0) is 0 Å². The lowest BCUT2D eigenvalue weighted by atomic mass is 9.80. The third-order valence-electron chi connectivity index (χ3n) is 5.14. The number of rotatable bonds is 5. The van der Waals surface area contributed by atoms with Crippen molar-refractivity contribution >= 4 is 11.6 Å². The Morgan fingerprint density at radius 1 is 1.05 bits per heavy atom. The average molecular weight is 308 g/mol. The van der Waals surface area contributed by atoms with E-state index in [2.05, 4.69) is 29.6 Å². The first-order chi connectivity index (χ1) is 10.4. The van der Waals surface area contributed by atoms with Crippen molar-refractivity contribution in [3.63, 3.8) is 0 Å². The van der Waals surface area contributed by atoms with E-state index in [-0.39, 0.29) is 0 Å². The summed E-state index contributed by atoms with van der Waals surface area (Å²) in [5, 5.41) is 3.72. The maximum atomic E-state index is 6.13. The van der Waals surface area contributed by atoms with Crippen LogP contribution in [0.25, 0.3) is 0 Å². The number of halogens is 1. The van der Waals surface area contributed by atoms with Crippen LogP contribution in [0.1, 0.15) is 43.6 Å². The monoisotopic (exact) mass is 307 g/mol. The van der Waals surface area contributed by atoms with Crippen molar-refractivity contribution in [3.8, 4) is 5.75 Å². The van der Waals surface area contributed by atoms with Crippen LogP contribution in [-0.4, -0.2) is 25.6 Å². The second kappa shape index (κ2) is 7.51. The van der Waals surface area contributed by atoms with Crippen molar-refractivity contribution in [2.75, 3.05) is 25.6 Å². The number of hydrogen-bond donors (Lipinski definition) is 1. The molecule has 0 aromatic heterocycles. The second-order valence-electron chi connectivity index (χ2n) is 6.49. The van der Waals surface area contributed by atoms with Gasteiger partial charge in [0.15, 0.2) is 0 Å². The van der Waals surface area contributed by atoms with Gasteiger partial charge in [0.25, 0.3) is 0 Å². The highest BCUT2D eigenvalue weighted by atomic mass is 35.5.